The van der Waals surface area contributed by atoms with Crippen LogP contribution in [0.5, 0.6) is 0 Å². The Kier molecular flexibility index (Phi) is 3.24. The first-order chi connectivity index (χ1) is 10.4. The number of para-hydroxylation sites is 1. The second kappa shape index (κ2) is 4.98. The molecule has 0 fully saturated rings. The van der Waals surface area contributed by atoms with Crippen LogP contribution in [0, 0.1) is 0 Å². The van der Waals surface area contributed by atoms with Gasteiger partial charge >= 0.3 is 6.18 Å². The molecule has 0 N–H and O–H groups in total. The molecular weight excluding hydrogens is 297 g/mol. The van der Waals surface area contributed by atoms with Gasteiger partial charge < -0.3 is 4.42 Å². The summed E-state index contributed by atoms with van der Waals surface area (Å²) in [6.45, 7) is 0. The summed E-state index contributed by atoms with van der Waals surface area (Å²) in [6.07, 6.45) is -6.19. The van der Waals surface area contributed by atoms with E-state index in [1.165, 1.54) is 18.2 Å². The van der Waals surface area contributed by atoms with Gasteiger partial charge in [0.2, 0.25) is 5.78 Å². The van der Waals surface area contributed by atoms with E-state index in [2.05, 4.69) is 0 Å². The van der Waals surface area contributed by atoms with Crippen LogP contribution in [0.3, 0.4) is 0 Å². The molecule has 0 aliphatic carbocycles. The normalized spacial score (nSPS) is 12.0. The minimum atomic E-state index is -5.00. The number of halogens is 3. The summed E-state index contributed by atoms with van der Waals surface area (Å²) >= 11 is 0. The summed E-state index contributed by atoms with van der Waals surface area (Å²) in [6, 6.07) is 11.4. The number of ketones is 2. The van der Waals surface area contributed by atoms with Crippen molar-refractivity contribution in [1.82, 2.24) is 0 Å². The second-order valence-electron chi connectivity index (χ2n) is 4.83. The van der Waals surface area contributed by atoms with Gasteiger partial charge in [0.15, 0.2) is 5.78 Å². The molecule has 2 aromatic carbocycles. The summed E-state index contributed by atoms with van der Waals surface area (Å²) in [5, 5.41) is 1.38. The first-order valence-corrected chi connectivity index (χ1v) is 6.41. The van der Waals surface area contributed by atoms with Crippen molar-refractivity contribution < 1.29 is 27.2 Å². The summed E-state index contributed by atoms with van der Waals surface area (Å²) in [7, 11) is 0. The van der Waals surface area contributed by atoms with Gasteiger partial charge in [-0.05, 0) is 24.3 Å². The van der Waals surface area contributed by atoms with Crippen molar-refractivity contribution in [2.75, 3.05) is 0 Å². The van der Waals surface area contributed by atoms with Crippen LogP contribution in [-0.2, 0) is 4.79 Å². The Bertz CT molecular complexity index is 890. The van der Waals surface area contributed by atoms with E-state index in [-0.39, 0.29) is 5.56 Å². The van der Waals surface area contributed by atoms with E-state index in [0.29, 0.717) is 16.6 Å². The highest BCUT2D eigenvalue weighted by atomic mass is 19.4. The monoisotopic (exact) mass is 306 g/mol. The molecule has 0 atom stereocenters. The lowest BCUT2D eigenvalue weighted by Gasteiger charge is -2.04. The van der Waals surface area contributed by atoms with Crippen molar-refractivity contribution in [1.29, 1.82) is 0 Å². The van der Waals surface area contributed by atoms with Crippen LogP contribution in [0.15, 0.2) is 46.9 Å². The van der Waals surface area contributed by atoms with E-state index < -0.39 is 24.2 Å². The maximum atomic E-state index is 12.2. The maximum Gasteiger partial charge on any atom is 0.450 e. The fourth-order valence-electron chi connectivity index (χ4n) is 2.25. The van der Waals surface area contributed by atoms with Gasteiger partial charge in [0.05, 0.1) is 6.42 Å². The van der Waals surface area contributed by atoms with Gasteiger partial charge in [-0.15, -0.1) is 0 Å². The topological polar surface area (TPSA) is 47.3 Å². The van der Waals surface area contributed by atoms with Crippen LogP contribution in [0.2, 0.25) is 0 Å². The molecule has 0 saturated heterocycles. The van der Waals surface area contributed by atoms with Crippen molar-refractivity contribution in [2.24, 2.45) is 0 Å². The fraction of sp³-hybridized carbons (Fsp3) is 0.125. The average Bonchev–Trinajstić information content (AvgIpc) is 2.83. The lowest BCUT2D eigenvalue weighted by Crippen LogP contribution is -2.25. The third-order valence-corrected chi connectivity index (χ3v) is 3.34. The first kappa shape index (κ1) is 14.3. The third-order valence-electron chi connectivity index (χ3n) is 3.34. The molecular formula is C16H9F3O3. The van der Waals surface area contributed by atoms with E-state index in [1.807, 2.05) is 0 Å². The standard InChI is InChI=1S/C16H9F3O3/c17-16(18,19)15(21)8-12(20)9-5-6-14-11(7-9)10-3-1-2-4-13(10)22-14/h1-7H,8H2. The third kappa shape index (κ3) is 2.47. The summed E-state index contributed by atoms with van der Waals surface area (Å²) in [5.41, 5.74) is 1.20. The van der Waals surface area contributed by atoms with Crippen LogP contribution < -0.4 is 0 Å². The van der Waals surface area contributed by atoms with Gasteiger partial charge in [-0.25, -0.2) is 0 Å². The smallest absolute Gasteiger partial charge is 0.450 e. The molecule has 1 aromatic heterocycles. The van der Waals surface area contributed by atoms with Crippen LogP contribution in [0.25, 0.3) is 21.9 Å². The fourth-order valence-corrected chi connectivity index (χ4v) is 2.25. The zero-order valence-electron chi connectivity index (χ0n) is 11.1. The number of rotatable bonds is 3. The highest BCUT2D eigenvalue weighted by Crippen LogP contribution is 2.29. The Hall–Kier alpha value is -2.63. The molecule has 0 unspecified atom stereocenters. The lowest BCUT2D eigenvalue weighted by atomic mass is 10.0. The predicted octanol–water partition coefficient (Wildman–Crippen LogP) is 4.29. The largest absolute Gasteiger partial charge is 0.456 e. The molecule has 0 spiro atoms. The Labute approximate surface area is 122 Å². The molecule has 0 saturated carbocycles. The number of furan rings is 1. The van der Waals surface area contributed by atoms with Crippen LogP contribution in [0.4, 0.5) is 13.2 Å². The molecule has 0 amide bonds. The van der Waals surface area contributed by atoms with E-state index >= 15 is 0 Å². The SMILES string of the molecule is O=C(CC(=O)C(F)(F)F)c1ccc2oc3ccccc3c2c1. The zero-order chi connectivity index (χ0) is 15.9. The van der Waals surface area contributed by atoms with Crippen LogP contribution in [0.1, 0.15) is 16.8 Å². The number of Topliss-reactive ketones (excluding diaryl/α,β-unsaturated/α-hetero) is 2. The quantitative estimate of drug-likeness (QED) is 0.535. The van der Waals surface area contributed by atoms with Crippen molar-refractivity contribution in [3.8, 4) is 0 Å². The number of hydrogen-bond acceptors (Lipinski definition) is 3. The van der Waals surface area contributed by atoms with Gasteiger partial charge in [0.1, 0.15) is 11.2 Å². The highest BCUT2D eigenvalue weighted by molar-refractivity contribution is 6.13. The number of carbonyl (C=O) groups is 2. The number of alkyl halides is 3. The minimum Gasteiger partial charge on any atom is -0.456 e. The molecule has 6 heteroatoms. The molecule has 3 rings (SSSR count). The Morgan fingerprint density at radius 1 is 0.955 bits per heavy atom. The second-order valence-corrected chi connectivity index (χ2v) is 4.83. The van der Waals surface area contributed by atoms with Gasteiger partial charge in [-0.2, -0.15) is 13.2 Å². The molecule has 0 bridgehead atoms. The van der Waals surface area contributed by atoms with E-state index in [9.17, 15) is 22.8 Å². The summed E-state index contributed by atoms with van der Waals surface area (Å²) in [4.78, 5) is 22.8. The van der Waals surface area contributed by atoms with E-state index in [1.54, 1.807) is 24.3 Å². The van der Waals surface area contributed by atoms with Gasteiger partial charge in [-0.3, -0.25) is 9.59 Å². The minimum absolute atomic E-state index is 0.0525. The van der Waals surface area contributed by atoms with Crippen molar-refractivity contribution in [3.63, 3.8) is 0 Å². The summed E-state index contributed by atoms with van der Waals surface area (Å²) < 4.78 is 42.2. The molecule has 3 aromatic rings. The van der Waals surface area contributed by atoms with Crippen LogP contribution in [-0.4, -0.2) is 17.7 Å². The van der Waals surface area contributed by atoms with Crippen molar-refractivity contribution in [3.05, 3.63) is 48.0 Å². The lowest BCUT2D eigenvalue weighted by molar-refractivity contribution is -0.170. The van der Waals surface area contributed by atoms with E-state index in [4.69, 9.17) is 4.42 Å². The van der Waals surface area contributed by atoms with E-state index in [0.717, 1.165) is 5.39 Å². The van der Waals surface area contributed by atoms with Crippen molar-refractivity contribution in [2.45, 2.75) is 12.6 Å². The predicted molar refractivity (Wildman–Crippen MR) is 73.7 cm³/mol. The molecule has 0 aliphatic rings. The highest BCUT2D eigenvalue weighted by Gasteiger charge is 2.39. The Morgan fingerprint density at radius 2 is 1.64 bits per heavy atom. The number of carbonyl (C=O) groups excluding carboxylic acids is 2. The number of benzene rings is 2. The Balaban J connectivity index is 1.99. The molecule has 22 heavy (non-hydrogen) atoms. The molecule has 112 valence electrons. The maximum absolute atomic E-state index is 12.2. The van der Waals surface area contributed by atoms with Gasteiger partial charge in [0.25, 0.3) is 0 Å². The first-order valence-electron chi connectivity index (χ1n) is 6.41. The molecule has 1 heterocycles. The summed E-state index contributed by atoms with van der Waals surface area (Å²) in [5.74, 6) is -2.91. The molecule has 3 nitrogen and oxygen atoms in total. The Morgan fingerprint density at radius 3 is 2.36 bits per heavy atom. The zero-order valence-corrected chi connectivity index (χ0v) is 11.1. The number of hydrogen-bond donors (Lipinski definition) is 0. The van der Waals surface area contributed by atoms with Gasteiger partial charge in [0, 0.05) is 16.3 Å². The van der Waals surface area contributed by atoms with Gasteiger partial charge in [-0.1, -0.05) is 18.2 Å². The van der Waals surface area contributed by atoms with Crippen molar-refractivity contribution >= 4 is 33.5 Å². The molecule has 0 radical (unpaired) electrons. The number of fused-ring (bicyclic) bond motifs is 3. The van der Waals surface area contributed by atoms with Crippen LogP contribution >= 0.6 is 0 Å². The average molecular weight is 306 g/mol. The molecule has 0 aliphatic heterocycles.